The molecule has 34 heavy (non-hydrogen) atoms. The van der Waals surface area contributed by atoms with Crippen molar-refractivity contribution in [3.8, 4) is 17.2 Å². The molecule has 3 rings (SSSR count). The number of phenols is 2. The molecule has 6 heteroatoms. The van der Waals surface area contributed by atoms with Gasteiger partial charge >= 0.3 is 0 Å². The van der Waals surface area contributed by atoms with Crippen molar-refractivity contribution in [2.45, 2.75) is 38.7 Å². The molecule has 0 saturated heterocycles. The molecular weight excluding hydrogens is 432 g/mol. The third-order valence-electron chi connectivity index (χ3n) is 5.76. The minimum absolute atomic E-state index is 0.0192. The first-order valence-corrected chi connectivity index (χ1v) is 11.2. The van der Waals surface area contributed by atoms with Gasteiger partial charge in [0.05, 0.1) is 19.5 Å². The first-order valence-electron chi connectivity index (χ1n) is 11.2. The maximum absolute atomic E-state index is 13.2. The van der Waals surface area contributed by atoms with Crippen LogP contribution in [-0.4, -0.2) is 33.3 Å². The molecule has 0 aliphatic heterocycles. The first kappa shape index (κ1) is 24.9. The first-order chi connectivity index (χ1) is 16.4. The molecule has 0 atom stereocenters. The van der Waals surface area contributed by atoms with E-state index < -0.39 is 0 Å². The number of aliphatic hydroxyl groups excluding tert-OH is 2. The molecule has 0 radical (unpaired) electrons. The summed E-state index contributed by atoms with van der Waals surface area (Å²) in [7, 11) is 1.48. The van der Waals surface area contributed by atoms with Crippen molar-refractivity contribution in [3.05, 3.63) is 100 Å². The zero-order valence-corrected chi connectivity index (χ0v) is 19.2. The molecule has 0 saturated carbocycles. The van der Waals surface area contributed by atoms with Gasteiger partial charge in [0.25, 0.3) is 0 Å². The van der Waals surface area contributed by atoms with E-state index in [0.29, 0.717) is 36.1 Å². The van der Waals surface area contributed by atoms with Gasteiger partial charge in [-0.25, -0.2) is 0 Å². The Labute approximate surface area is 199 Å². The van der Waals surface area contributed by atoms with Crippen LogP contribution >= 0.6 is 0 Å². The summed E-state index contributed by atoms with van der Waals surface area (Å²) in [6.45, 7) is -0.282. The molecule has 0 heterocycles. The van der Waals surface area contributed by atoms with Crippen molar-refractivity contribution >= 4 is 5.78 Å². The highest BCUT2D eigenvalue weighted by Gasteiger charge is 2.17. The van der Waals surface area contributed by atoms with Gasteiger partial charge in [0.15, 0.2) is 17.3 Å². The summed E-state index contributed by atoms with van der Waals surface area (Å²) in [6, 6.07) is 19.4. The van der Waals surface area contributed by atoms with Gasteiger partial charge in [0.2, 0.25) is 0 Å². The Morgan fingerprint density at radius 1 is 0.824 bits per heavy atom. The van der Waals surface area contributed by atoms with Gasteiger partial charge in [-0.05, 0) is 53.8 Å². The number of hydrogen-bond acceptors (Lipinski definition) is 6. The van der Waals surface area contributed by atoms with E-state index in [2.05, 4.69) is 0 Å². The van der Waals surface area contributed by atoms with Gasteiger partial charge in [-0.3, -0.25) is 4.79 Å². The van der Waals surface area contributed by atoms with Crippen LogP contribution in [0.25, 0.3) is 0 Å². The number of ether oxygens (including phenoxy) is 1. The molecule has 0 fully saturated rings. The zero-order chi connectivity index (χ0) is 24.5. The number of aromatic hydroxyl groups is 2. The number of aliphatic hydroxyl groups is 2. The molecule has 3 aromatic rings. The molecule has 0 aromatic heterocycles. The van der Waals surface area contributed by atoms with E-state index in [1.807, 2.05) is 30.3 Å². The highest BCUT2D eigenvalue weighted by Crippen LogP contribution is 2.28. The van der Waals surface area contributed by atoms with Crippen molar-refractivity contribution < 1.29 is 30.0 Å². The highest BCUT2D eigenvalue weighted by molar-refractivity contribution is 5.96. The van der Waals surface area contributed by atoms with Crippen LogP contribution in [0.15, 0.2) is 78.1 Å². The summed E-state index contributed by atoms with van der Waals surface area (Å²) >= 11 is 0. The smallest absolute Gasteiger partial charge is 0.162 e. The van der Waals surface area contributed by atoms with Gasteiger partial charge < -0.3 is 25.2 Å². The third-order valence-corrected chi connectivity index (χ3v) is 5.76. The lowest BCUT2D eigenvalue weighted by Gasteiger charge is -2.12. The second kappa shape index (κ2) is 11.9. The Balaban J connectivity index is 1.77. The number of rotatable bonds is 11. The number of Topliss-reactive ketones (excluding diaryl/α,β-unsaturated/α-hetero) is 1. The van der Waals surface area contributed by atoms with Gasteiger partial charge in [-0.1, -0.05) is 42.5 Å². The largest absolute Gasteiger partial charge is 0.512 e. The standard InChI is InChI=1S/C28H30O6/c1-34-28-17-21(10-14-27(28)33)9-13-26(32)23(16-19-5-3-2-4-6-19)25(31)12-8-20-7-11-24(30)22(15-20)18-29/h2-7,10-11,14-15,17,29-30,32-33H,8-9,12-13,16,18H2,1H3/b26-23-. The fraction of sp³-hybridized carbons (Fsp3) is 0.250. The van der Waals surface area contributed by atoms with Crippen LogP contribution in [0.3, 0.4) is 0 Å². The molecule has 0 aliphatic carbocycles. The van der Waals surface area contributed by atoms with E-state index in [9.17, 15) is 25.2 Å². The predicted molar refractivity (Wildman–Crippen MR) is 130 cm³/mol. The maximum atomic E-state index is 13.2. The van der Waals surface area contributed by atoms with E-state index >= 15 is 0 Å². The zero-order valence-electron chi connectivity index (χ0n) is 19.2. The molecule has 178 valence electrons. The van der Waals surface area contributed by atoms with Crippen LogP contribution in [0.1, 0.15) is 35.1 Å². The van der Waals surface area contributed by atoms with E-state index in [1.165, 1.54) is 13.2 Å². The number of carbonyl (C=O) groups excluding carboxylic acids is 1. The molecule has 0 unspecified atom stereocenters. The summed E-state index contributed by atoms with van der Waals surface area (Å²) in [5, 5.41) is 39.8. The number of methoxy groups -OCH3 is 1. The molecule has 0 amide bonds. The minimum atomic E-state index is -0.282. The number of benzene rings is 3. The average Bonchev–Trinajstić information content (AvgIpc) is 2.86. The van der Waals surface area contributed by atoms with Crippen LogP contribution in [0.5, 0.6) is 17.2 Å². The topological polar surface area (TPSA) is 107 Å². The normalized spacial score (nSPS) is 11.7. The molecule has 6 nitrogen and oxygen atoms in total. The lowest BCUT2D eigenvalue weighted by atomic mass is 9.94. The number of phenolic OH excluding ortho intramolecular Hbond substituents is 1. The summed E-state index contributed by atoms with van der Waals surface area (Å²) in [5.41, 5.74) is 3.41. The van der Waals surface area contributed by atoms with Crippen molar-refractivity contribution in [1.29, 1.82) is 0 Å². The van der Waals surface area contributed by atoms with Crippen LogP contribution < -0.4 is 4.74 Å². The fourth-order valence-corrected chi connectivity index (χ4v) is 3.78. The number of carbonyl (C=O) groups is 1. The number of allylic oxidation sites excluding steroid dienone is 2. The Bertz CT molecular complexity index is 1150. The molecule has 0 aliphatic rings. The molecule has 3 aromatic carbocycles. The van der Waals surface area contributed by atoms with Gasteiger partial charge in [-0.15, -0.1) is 0 Å². The summed E-state index contributed by atoms with van der Waals surface area (Å²) < 4.78 is 5.15. The average molecular weight is 463 g/mol. The Kier molecular flexibility index (Phi) is 8.71. The Morgan fingerprint density at radius 3 is 2.15 bits per heavy atom. The number of aryl methyl sites for hydroxylation is 2. The van der Waals surface area contributed by atoms with E-state index in [0.717, 1.165) is 16.7 Å². The second-order valence-corrected chi connectivity index (χ2v) is 8.14. The number of hydrogen-bond donors (Lipinski definition) is 4. The van der Waals surface area contributed by atoms with Gasteiger partial charge in [0, 0.05) is 30.4 Å². The van der Waals surface area contributed by atoms with E-state index in [-0.39, 0.29) is 42.5 Å². The Morgan fingerprint density at radius 2 is 1.47 bits per heavy atom. The maximum Gasteiger partial charge on any atom is 0.162 e. The highest BCUT2D eigenvalue weighted by atomic mass is 16.5. The van der Waals surface area contributed by atoms with Crippen molar-refractivity contribution in [2.75, 3.05) is 7.11 Å². The van der Waals surface area contributed by atoms with Crippen molar-refractivity contribution in [3.63, 3.8) is 0 Å². The second-order valence-electron chi connectivity index (χ2n) is 8.14. The predicted octanol–water partition coefficient (Wildman–Crippen LogP) is 4.79. The van der Waals surface area contributed by atoms with Crippen LogP contribution in [-0.2, 0) is 30.7 Å². The van der Waals surface area contributed by atoms with E-state index in [1.54, 1.807) is 30.3 Å². The van der Waals surface area contributed by atoms with Crippen LogP contribution in [0.2, 0.25) is 0 Å². The number of ketones is 1. The molecule has 0 spiro atoms. The lowest BCUT2D eigenvalue weighted by Crippen LogP contribution is -2.11. The van der Waals surface area contributed by atoms with Crippen LogP contribution in [0.4, 0.5) is 0 Å². The summed E-state index contributed by atoms with van der Waals surface area (Å²) in [4.78, 5) is 13.2. The lowest BCUT2D eigenvalue weighted by molar-refractivity contribution is -0.115. The van der Waals surface area contributed by atoms with E-state index in [4.69, 9.17) is 4.74 Å². The van der Waals surface area contributed by atoms with Gasteiger partial charge in [-0.2, -0.15) is 0 Å². The summed E-state index contributed by atoms with van der Waals surface area (Å²) in [6.07, 6.45) is 1.69. The monoisotopic (exact) mass is 462 g/mol. The molecular formula is C28H30O6. The SMILES string of the molecule is COc1cc(CC/C(O)=C(\Cc2ccccc2)C(=O)CCc2ccc(O)c(CO)c2)ccc1O. The van der Waals surface area contributed by atoms with Crippen LogP contribution in [0, 0.1) is 0 Å². The third kappa shape index (κ3) is 6.62. The van der Waals surface area contributed by atoms with Gasteiger partial charge in [0.1, 0.15) is 5.75 Å². The molecule has 4 N–H and O–H groups in total. The minimum Gasteiger partial charge on any atom is -0.512 e. The molecule has 0 bridgehead atoms. The fourth-order valence-electron chi connectivity index (χ4n) is 3.78. The van der Waals surface area contributed by atoms with Crippen molar-refractivity contribution in [1.82, 2.24) is 0 Å². The quantitative estimate of drug-likeness (QED) is 0.241. The summed E-state index contributed by atoms with van der Waals surface area (Å²) in [5.74, 6) is 0.318. The Hall–Kier alpha value is -3.77. The van der Waals surface area contributed by atoms with Crippen molar-refractivity contribution in [2.24, 2.45) is 0 Å².